The Morgan fingerprint density at radius 3 is 1.90 bits per heavy atom. The van der Waals surface area contributed by atoms with Crippen LogP contribution in [0.3, 0.4) is 0 Å². The second-order valence-corrected chi connectivity index (χ2v) is 12.7. The van der Waals surface area contributed by atoms with Crippen LogP contribution in [-0.2, 0) is 9.47 Å². The van der Waals surface area contributed by atoms with Crippen LogP contribution in [0.15, 0.2) is 78.9 Å². The molecule has 0 bridgehead atoms. The standard InChI is InChI=1S/C39H36F4O8/c1-3-38(22-47-23-38)21-46-16-4-5-17-48-27-9-6-25(7-10-27)36(44)49-28-11-13-30-31-14-12-29(20-33(31)24(2)32(30)19-28)50-37(45)26-8-15-35(34(40)18-26)51-39(41,42)43/h6-15,18-20,24H,3-5,16-17,21-23H2,1-2H3. The van der Waals surface area contributed by atoms with Crippen LogP contribution in [0.5, 0.6) is 23.0 Å². The number of hydrogen-bond acceptors (Lipinski definition) is 8. The molecule has 1 fully saturated rings. The summed E-state index contributed by atoms with van der Waals surface area (Å²) in [5, 5.41) is 0. The van der Waals surface area contributed by atoms with E-state index in [2.05, 4.69) is 11.7 Å². The van der Waals surface area contributed by atoms with Gasteiger partial charge in [-0.3, -0.25) is 0 Å². The Kier molecular flexibility index (Phi) is 10.6. The first-order chi connectivity index (χ1) is 24.4. The number of carbonyl (C=O) groups is 2. The first-order valence-electron chi connectivity index (χ1n) is 16.6. The Morgan fingerprint density at radius 2 is 1.35 bits per heavy atom. The minimum atomic E-state index is -5.08. The maximum atomic E-state index is 14.1. The predicted octanol–water partition coefficient (Wildman–Crippen LogP) is 8.90. The SMILES string of the molecule is CCC1(COCCCCOc2ccc(C(=O)Oc3ccc4c(c3)C(C)c3cc(OC(=O)c5ccc(OC(F)(F)F)c(F)c5)ccc3-4)cc2)COC1. The van der Waals surface area contributed by atoms with Crippen LogP contribution in [0.25, 0.3) is 11.1 Å². The van der Waals surface area contributed by atoms with E-state index in [0.29, 0.717) is 42.4 Å². The molecular formula is C39H36F4O8. The first-order valence-corrected chi connectivity index (χ1v) is 16.6. The maximum absolute atomic E-state index is 14.1. The van der Waals surface area contributed by atoms with Crippen molar-refractivity contribution in [3.8, 4) is 34.1 Å². The van der Waals surface area contributed by atoms with Crippen LogP contribution in [-0.4, -0.2) is 51.3 Å². The zero-order chi connectivity index (χ0) is 36.2. The molecule has 12 heteroatoms. The van der Waals surface area contributed by atoms with Gasteiger partial charge in [0.15, 0.2) is 11.6 Å². The molecule has 0 aromatic heterocycles. The van der Waals surface area contributed by atoms with Crippen molar-refractivity contribution in [3.05, 3.63) is 107 Å². The van der Waals surface area contributed by atoms with Gasteiger partial charge in [-0.15, -0.1) is 13.2 Å². The topological polar surface area (TPSA) is 89.5 Å². The van der Waals surface area contributed by atoms with Gasteiger partial charge in [0.25, 0.3) is 0 Å². The van der Waals surface area contributed by atoms with Crippen molar-refractivity contribution < 1.29 is 55.6 Å². The Labute approximate surface area is 292 Å². The third-order valence-electron chi connectivity index (χ3n) is 9.10. The van der Waals surface area contributed by atoms with E-state index < -0.39 is 29.9 Å². The largest absolute Gasteiger partial charge is 0.573 e. The molecule has 1 unspecified atom stereocenters. The highest BCUT2D eigenvalue weighted by Crippen LogP contribution is 2.47. The fraction of sp³-hybridized carbons (Fsp3) is 0.333. The molecule has 2 aliphatic rings. The van der Waals surface area contributed by atoms with E-state index in [1.165, 1.54) is 0 Å². The van der Waals surface area contributed by atoms with E-state index in [4.69, 9.17) is 23.7 Å². The van der Waals surface area contributed by atoms with Gasteiger partial charge in [-0.2, -0.15) is 0 Å². The second kappa shape index (κ2) is 15.1. The van der Waals surface area contributed by atoms with Gasteiger partial charge in [-0.25, -0.2) is 14.0 Å². The molecule has 268 valence electrons. The average Bonchev–Trinajstić information content (AvgIpc) is 3.36. The molecule has 51 heavy (non-hydrogen) atoms. The van der Waals surface area contributed by atoms with E-state index in [-0.39, 0.29) is 22.6 Å². The van der Waals surface area contributed by atoms with E-state index in [1.807, 2.05) is 13.0 Å². The number of ether oxygens (including phenoxy) is 6. The van der Waals surface area contributed by atoms with Crippen molar-refractivity contribution >= 4 is 11.9 Å². The molecule has 1 atom stereocenters. The molecule has 6 rings (SSSR count). The minimum absolute atomic E-state index is 0.156. The van der Waals surface area contributed by atoms with Crippen molar-refractivity contribution in [2.24, 2.45) is 5.41 Å². The quantitative estimate of drug-likeness (QED) is 0.0556. The van der Waals surface area contributed by atoms with Crippen molar-refractivity contribution in [1.82, 2.24) is 0 Å². The van der Waals surface area contributed by atoms with E-state index in [1.54, 1.807) is 54.6 Å². The summed E-state index contributed by atoms with van der Waals surface area (Å²) in [6, 6.07) is 19.4. The highest BCUT2D eigenvalue weighted by atomic mass is 19.4. The van der Waals surface area contributed by atoms with E-state index >= 15 is 0 Å². The first kappa shape index (κ1) is 35.9. The summed E-state index contributed by atoms with van der Waals surface area (Å²) in [4.78, 5) is 25.6. The molecule has 8 nitrogen and oxygen atoms in total. The smallest absolute Gasteiger partial charge is 0.494 e. The van der Waals surface area contributed by atoms with Crippen molar-refractivity contribution in [3.63, 3.8) is 0 Å². The van der Waals surface area contributed by atoms with Crippen LogP contribution in [0.1, 0.15) is 70.9 Å². The highest BCUT2D eigenvalue weighted by Gasteiger charge is 2.37. The lowest BCUT2D eigenvalue weighted by Gasteiger charge is -2.40. The van der Waals surface area contributed by atoms with E-state index in [9.17, 15) is 27.2 Å². The summed E-state index contributed by atoms with van der Waals surface area (Å²) >= 11 is 0. The number of rotatable bonds is 14. The summed E-state index contributed by atoms with van der Waals surface area (Å²) in [6.07, 6.45) is -2.30. The van der Waals surface area contributed by atoms with Crippen LogP contribution < -0.4 is 18.9 Å². The lowest BCUT2D eigenvalue weighted by molar-refractivity contribution is -0.275. The summed E-state index contributed by atoms with van der Waals surface area (Å²) in [5.41, 5.74) is 3.82. The fourth-order valence-corrected chi connectivity index (χ4v) is 6.00. The molecule has 4 aromatic rings. The number of fused-ring (bicyclic) bond motifs is 3. The van der Waals surface area contributed by atoms with Crippen LogP contribution in [0, 0.1) is 11.2 Å². The van der Waals surface area contributed by atoms with Gasteiger partial charge < -0.3 is 28.4 Å². The molecule has 0 saturated carbocycles. The molecule has 0 spiro atoms. The van der Waals surface area contributed by atoms with Gasteiger partial charge in [0.05, 0.1) is 37.6 Å². The van der Waals surface area contributed by atoms with Crippen LogP contribution in [0.4, 0.5) is 17.6 Å². The molecule has 1 aliphatic carbocycles. The highest BCUT2D eigenvalue weighted by molar-refractivity contribution is 5.92. The number of halogens is 4. The fourth-order valence-electron chi connectivity index (χ4n) is 6.00. The Balaban J connectivity index is 0.997. The normalized spacial score (nSPS) is 15.7. The second-order valence-electron chi connectivity index (χ2n) is 12.7. The molecule has 0 N–H and O–H groups in total. The summed E-state index contributed by atoms with van der Waals surface area (Å²) in [5.74, 6) is -2.86. The molecule has 4 aromatic carbocycles. The lowest BCUT2D eigenvalue weighted by atomic mass is 9.84. The number of carbonyl (C=O) groups excluding carboxylic acids is 2. The number of alkyl halides is 3. The van der Waals surface area contributed by atoms with Crippen molar-refractivity contribution in [2.45, 2.75) is 45.4 Å². The Bertz CT molecular complexity index is 1880. The van der Waals surface area contributed by atoms with Gasteiger partial charge in [0, 0.05) is 17.9 Å². The number of esters is 2. The monoisotopic (exact) mass is 708 g/mol. The van der Waals surface area contributed by atoms with E-state index in [0.717, 1.165) is 67.4 Å². The lowest BCUT2D eigenvalue weighted by Crippen LogP contribution is -2.45. The van der Waals surface area contributed by atoms with Gasteiger partial charge in [-0.05, 0) is 108 Å². The van der Waals surface area contributed by atoms with Gasteiger partial charge in [0.1, 0.15) is 17.2 Å². The number of benzene rings is 4. The minimum Gasteiger partial charge on any atom is -0.494 e. The molecule has 1 aliphatic heterocycles. The predicted molar refractivity (Wildman–Crippen MR) is 178 cm³/mol. The summed E-state index contributed by atoms with van der Waals surface area (Å²) in [7, 11) is 0. The maximum Gasteiger partial charge on any atom is 0.573 e. The third-order valence-corrected chi connectivity index (χ3v) is 9.10. The zero-order valence-electron chi connectivity index (χ0n) is 28.0. The zero-order valence-corrected chi connectivity index (χ0v) is 28.0. The van der Waals surface area contributed by atoms with Gasteiger partial charge in [0.2, 0.25) is 0 Å². The van der Waals surface area contributed by atoms with Crippen molar-refractivity contribution in [2.75, 3.05) is 33.0 Å². The molecule has 0 amide bonds. The van der Waals surface area contributed by atoms with Gasteiger partial charge in [-0.1, -0.05) is 26.0 Å². The molecule has 1 saturated heterocycles. The number of unbranched alkanes of at least 4 members (excludes halogenated alkanes) is 1. The summed E-state index contributed by atoms with van der Waals surface area (Å²) < 4.78 is 83.2. The molecule has 0 radical (unpaired) electrons. The summed E-state index contributed by atoms with van der Waals surface area (Å²) in [6.45, 7) is 7.59. The van der Waals surface area contributed by atoms with Crippen LogP contribution in [0.2, 0.25) is 0 Å². The Hall–Kier alpha value is -4.94. The average molecular weight is 709 g/mol. The van der Waals surface area contributed by atoms with Crippen LogP contribution >= 0.6 is 0 Å². The Morgan fingerprint density at radius 1 is 0.784 bits per heavy atom. The number of hydrogen-bond donors (Lipinski definition) is 0. The molecular weight excluding hydrogens is 672 g/mol. The van der Waals surface area contributed by atoms with Crippen molar-refractivity contribution in [1.29, 1.82) is 0 Å². The van der Waals surface area contributed by atoms with Gasteiger partial charge >= 0.3 is 18.3 Å². The third kappa shape index (κ3) is 8.51. The molecule has 1 heterocycles.